The van der Waals surface area contributed by atoms with E-state index in [1.807, 2.05) is 18.2 Å². The highest BCUT2D eigenvalue weighted by molar-refractivity contribution is 5.94. The van der Waals surface area contributed by atoms with Crippen LogP contribution < -0.4 is 16.0 Å². The first-order valence-electron chi connectivity index (χ1n) is 8.26. The number of halogens is 1. The lowest BCUT2D eigenvalue weighted by Crippen LogP contribution is -2.35. The molecule has 1 atom stereocenters. The predicted molar refractivity (Wildman–Crippen MR) is 94.6 cm³/mol. The molecular weight excluding hydrogens is 321 g/mol. The molecule has 130 valence electrons. The lowest BCUT2D eigenvalue weighted by atomic mass is 10.1. The molecule has 1 fully saturated rings. The number of hydrogen-bond donors (Lipinski definition) is 2. The summed E-state index contributed by atoms with van der Waals surface area (Å²) in [5.74, 6) is -0.836. The van der Waals surface area contributed by atoms with E-state index in [0.717, 1.165) is 18.5 Å². The van der Waals surface area contributed by atoms with Gasteiger partial charge in [-0.3, -0.25) is 9.59 Å². The normalized spacial score (nSPS) is 15.7. The van der Waals surface area contributed by atoms with Crippen LogP contribution in [0.4, 0.5) is 15.8 Å². The summed E-state index contributed by atoms with van der Waals surface area (Å²) in [6, 6.07) is 12.2. The third-order valence-electron chi connectivity index (χ3n) is 4.28. The maximum absolute atomic E-state index is 13.1. The van der Waals surface area contributed by atoms with E-state index in [0.29, 0.717) is 24.2 Å². The van der Waals surface area contributed by atoms with Gasteiger partial charge >= 0.3 is 0 Å². The molecule has 2 aromatic rings. The van der Waals surface area contributed by atoms with Crippen LogP contribution in [0.25, 0.3) is 0 Å². The topological polar surface area (TPSA) is 75.4 Å². The number of nitrogens with one attached hydrogen (secondary N) is 1. The number of carbonyl (C=O) groups is 2. The highest BCUT2D eigenvalue weighted by atomic mass is 19.1. The number of carbonyl (C=O) groups excluding carboxylic acids is 2. The molecule has 1 aliphatic rings. The molecule has 1 saturated heterocycles. The van der Waals surface area contributed by atoms with Crippen molar-refractivity contribution in [3.8, 4) is 0 Å². The van der Waals surface area contributed by atoms with Crippen LogP contribution in [0.15, 0.2) is 48.5 Å². The minimum absolute atomic E-state index is 0.105. The van der Waals surface area contributed by atoms with Crippen LogP contribution in [-0.2, 0) is 9.59 Å². The molecule has 0 saturated carbocycles. The summed E-state index contributed by atoms with van der Waals surface area (Å²) in [6.45, 7) is 0.694. The number of benzene rings is 2. The van der Waals surface area contributed by atoms with Gasteiger partial charge in [-0.25, -0.2) is 4.39 Å². The highest BCUT2D eigenvalue weighted by Crippen LogP contribution is 2.26. The van der Waals surface area contributed by atoms with Gasteiger partial charge in [-0.1, -0.05) is 18.2 Å². The largest absolute Gasteiger partial charge is 0.370 e. The van der Waals surface area contributed by atoms with Crippen molar-refractivity contribution in [1.82, 2.24) is 0 Å². The van der Waals surface area contributed by atoms with Crippen molar-refractivity contribution in [3.05, 3.63) is 59.9 Å². The van der Waals surface area contributed by atoms with Crippen LogP contribution >= 0.6 is 0 Å². The summed E-state index contributed by atoms with van der Waals surface area (Å²) in [5, 5.41) is 3.07. The van der Waals surface area contributed by atoms with E-state index in [1.165, 1.54) is 24.3 Å². The van der Waals surface area contributed by atoms with Crippen LogP contribution in [-0.4, -0.2) is 18.4 Å². The standard InChI is InChI=1S/C19H20FN3O2/c20-14-9-7-13(8-10-14)18(19(21)25)22-15-4-3-5-16(12-15)23-11-2-1-6-17(23)24/h3-5,7-10,12,18,22H,1-2,6,11H2,(H2,21,25)/t18-/m0/s1. The van der Waals surface area contributed by atoms with Crippen LogP contribution in [0.3, 0.4) is 0 Å². The van der Waals surface area contributed by atoms with Crippen molar-refractivity contribution >= 4 is 23.2 Å². The van der Waals surface area contributed by atoms with Gasteiger partial charge in [0.1, 0.15) is 11.9 Å². The molecule has 0 unspecified atom stereocenters. The van der Waals surface area contributed by atoms with Crippen molar-refractivity contribution in [2.45, 2.75) is 25.3 Å². The zero-order chi connectivity index (χ0) is 17.8. The van der Waals surface area contributed by atoms with Crippen LogP contribution in [0.5, 0.6) is 0 Å². The van der Waals surface area contributed by atoms with Gasteiger partial charge in [-0.2, -0.15) is 0 Å². The van der Waals surface area contributed by atoms with Gasteiger partial charge in [0, 0.05) is 24.3 Å². The van der Waals surface area contributed by atoms with Crippen molar-refractivity contribution in [3.63, 3.8) is 0 Å². The first-order valence-corrected chi connectivity index (χ1v) is 8.26. The number of rotatable bonds is 5. The minimum Gasteiger partial charge on any atom is -0.370 e. The molecule has 2 amide bonds. The molecule has 3 rings (SSSR count). The Bertz CT molecular complexity index is 776. The second-order valence-electron chi connectivity index (χ2n) is 6.08. The van der Waals surface area contributed by atoms with E-state index in [-0.39, 0.29) is 11.7 Å². The second kappa shape index (κ2) is 7.34. The zero-order valence-corrected chi connectivity index (χ0v) is 13.7. The van der Waals surface area contributed by atoms with Gasteiger partial charge < -0.3 is 16.0 Å². The fourth-order valence-electron chi connectivity index (χ4n) is 2.98. The second-order valence-corrected chi connectivity index (χ2v) is 6.08. The molecule has 1 heterocycles. The Kier molecular flexibility index (Phi) is 4.97. The van der Waals surface area contributed by atoms with E-state index < -0.39 is 11.9 Å². The lowest BCUT2D eigenvalue weighted by molar-refractivity contribution is -0.120. The SMILES string of the molecule is NC(=O)[C@@H](Nc1cccc(N2CCCCC2=O)c1)c1ccc(F)cc1. The molecule has 0 aromatic heterocycles. The molecule has 0 radical (unpaired) electrons. The van der Waals surface area contributed by atoms with Crippen molar-refractivity contribution in [1.29, 1.82) is 0 Å². The van der Waals surface area contributed by atoms with E-state index in [2.05, 4.69) is 5.32 Å². The van der Waals surface area contributed by atoms with Gasteiger partial charge in [0.05, 0.1) is 0 Å². The molecule has 25 heavy (non-hydrogen) atoms. The summed E-state index contributed by atoms with van der Waals surface area (Å²) in [5.41, 5.74) is 7.53. The average molecular weight is 341 g/mol. The first kappa shape index (κ1) is 17.0. The Morgan fingerprint density at radius 2 is 1.92 bits per heavy atom. The third-order valence-corrected chi connectivity index (χ3v) is 4.28. The van der Waals surface area contributed by atoms with E-state index in [4.69, 9.17) is 5.73 Å². The fraction of sp³-hybridized carbons (Fsp3) is 0.263. The predicted octanol–water partition coefficient (Wildman–Crippen LogP) is 2.98. The zero-order valence-electron chi connectivity index (χ0n) is 13.7. The van der Waals surface area contributed by atoms with Crippen molar-refractivity contribution in [2.24, 2.45) is 5.73 Å². The van der Waals surface area contributed by atoms with Crippen LogP contribution in [0, 0.1) is 5.82 Å². The smallest absolute Gasteiger partial charge is 0.244 e. The highest BCUT2D eigenvalue weighted by Gasteiger charge is 2.21. The van der Waals surface area contributed by atoms with Gasteiger partial charge in [0.2, 0.25) is 11.8 Å². The Morgan fingerprint density at radius 3 is 2.60 bits per heavy atom. The Balaban J connectivity index is 1.83. The quantitative estimate of drug-likeness (QED) is 0.878. The van der Waals surface area contributed by atoms with Crippen molar-refractivity contribution < 1.29 is 14.0 Å². The van der Waals surface area contributed by atoms with E-state index >= 15 is 0 Å². The van der Waals surface area contributed by atoms with Crippen LogP contribution in [0.2, 0.25) is 0 Å². The lowest BCUT2D eigenvalue weighted by Gasteiger charge is -2.27. The van der Waals surface area contributed by atoms with Gasteiger partial charge in [-0.05, 0) is 48.7 Å². The van der Waals surface area contributed by atoms with Gasteiger partial charge in [0.25, 0.3) is 0 Å². The Morgan fingerprint density at radius 1 is 1.16 bits per heavy atom. The van der Waals surface area contributed by atoms with E-state index in [9.17, 15) is 14.0 Å². The number of amides is 2. The molecule has 1 aliphatic heterocycles. The first-order chi connectivity index (χ1) is 12.0. The number of nitrogens with two attached hydrogens (primary N) is 1. The van der Waals surface area contributed by atoms with E-state index in [1.54, 1.807) is 11.0 Å². The number of hydrogen-bond acceptors (Lipinski definition) is 3. The van der Waals surface area contributed by atoms with Crippen molar-refractivity contribution in [2.75, 3.05) is 16.8 Å². The summed E-state index contributed by atoms with van der Waals surface area (Å²) in [6.07, 6.45) is 2.45. The summed E-state index contributed by atoms with van der Waals surface area (Å²) < 4.78 is 13.1. The van der Waals surface area contributed by atoms with Gasteiger partial charge in [-0.15, -0.1) is 0 Å². The fourth-order valence-corrected chi connectivity index (χ4v) is 2.98. The summed E-state index contributed by atoms with van der Waals surface area (Å²) in [7, 11) is 0. The number of anilines is 2. The average Bonchev–Trinajstić information content (AvgIpc) is 2.61. The molecule has 0 bridgehead atoms. The molecule has 0 spiro atoms. The minimum atomic E-state index is -0.784. The number of piperidine rings is 1. The summed E-state index contributed by atoms with van der Waals surface area (Å²) >= 11 is 0. The maximum Gasteiger partial charge on any atom is 0.244 e. The monoisotopic (exact) mass is 341 g/mol. The number of nitrogens with zero attached hydrogens (tertiary/aromatic N) is 1. The molecule has 2 aromatic carbocycles. The molecule has 6 heteroatoms. The van der Waals surface area contributed by atoms with Crippen LogP contribution in [0.1, 0.15) is 30.9 Å². The summed E-state index contributed by atoms with van der Waals surface area (Å²) in [4.78, 5) is 25.7. The molecule has 0 aliphatic carbocycles. The Hall–Kier alpha value is -2.89. The Labute approximate surface area is 145 Å². The molecule has 5 nitrogen and oxygen atoms in total. The third kappa shape index (κ3) is 3.96. The molecule has 3 N–H and O–H groups in total. The maximum atomic E-state index is 13.1. The number of primary amides is 1. The van der Waals surface area contributed by atoms with Gasteiger partial charge in [0.15, 0.2) is 0 Å². The molecular formula is C19H20FN3O2.